The van der Waals surface area contributed by atoms with Gasteiger partial charge < -0.3 is 10.2 Å². The molecule has 106 valence electrons. The highest BCUT2D eigenvalue weighted by atomic mass is 19.2. The van der Waals surface area contributed by atoms with E-state index in [1.807, 2.05) is 24.3 Å². The lowest BCUT2D eigenvalue weighted by molar-refractivity contribution is 0.618. The molecule has 0 aliphatic heterocycles. The second kappa shape index (κ2) is 6.80. The molecule has 0 aromatic heterocycles. The summed E-state index contributed by atoms with van der Waals surface area (Å²) in [5.41, 5.74) is 4.96. The molecular formula is C16H20FN3. The SMILES string of the molecule is CCN(CC)c1ccc(Nc2ccccc2NF)cc1. The number of para-hydroxylation sites is 2. The van der Waals surface area contributed by atoms with Crippen LogP contribution in [0.2, 0.25) is 0 Å². The molecule has 4 heteroatoms. The minimum atomic E-state index is 0.431. The summed E-state index contributed by atoms with van der Waals surface area (Å²) in [6, 6.07) is 15.3. The van der Waals surface area contributed by atoms with Gasteiger partial charge in [0.05, 0.1) is 11.4 Å². The monoisotopic (exact) mass is 273 g/mol. The van der Waals surface area contributed by atoms with Crippen LogP contribution in [0.5, 0.6) is 0 Å². The Kier molecular flexibility index (Phi) is 4.82. The number of rotatable bonds is 6. The van der Waals surface area contributed by atoms with Gasteiger partial charge in [0.15, 0.2) is 0 Å². The topological polar surface area (TPSA) is 27.3 Å². The Bertz CT molecular complexity index is 536. The lowest BCUT2D eigenvalue weighted by atomic mass is 10.2. The summed E-state index contributed by atoms with van der Waals surface area (Å²) in [5, 5.41) is 3.20. The molecule has 0 radical (unpaired) electrons. The quantitative estimate of drug-likeness (QED) is 0.755. The molecule has 2 N–H and O–H groups in total. The van der Waals surface area contributed by atoms with Crippen molar-refractivity contribution in [2.24, 2.45) is 0 Å². The van der Waals surface area contributed by atoms with Crippen LogP contribution >= 0.6 is 0 Å². The van der Waals surface area contributed by atoms with Crippen LogP contribution in [0, 0.1) is 0 Å². The van der Waals surface area contributed by atoms with Crippen molar-refractivity contribution in [3.8, 4) is 0 Å². The molecule has 0 fully saturated rings. The molecule has 20 heavy (non-hydrogen) atoms. The first-order valence-corrected chi connectivity index (χ1v) is 6.86. The van der Waals surface area contributed by atoms with E-state index >= 15 is 0 Å². The third-order valence-electron chi connectivity index (χ3n) is 3.30. The van der Waals surface area contributed by atoms with Crippen molar-refractivity contribution in [3.05, 3.63) is 48.5 Å². The van der Waals surface area contributed by atoms with Gasteiger partial charge in [-0.3, -0.25) is 0 Å². The van der Waals surface area contributed by atoms with Crippen molar-refractivity contribution in [2.45, 2.75) is 13.8 Å². The molecule has 0 amide bonds. The highest BCUT2D eigenvalue weighted by Gasteiger charge is 2.03. The van der Waals surface area contributed by atoms with E-state index in [2.05, 4.69) is 36.2 Å². The van der Waals surface area contributed by atoms with Gasteiger partial charge in [-0.2, -0.15) is 0 Å². The van der Waals surface area contributed by atoms with Crippen LogP contribution < -0.4 is 15.8 Å². The molecule has 0 saturated carbocycles. The fourth-order valence-corrected chi connectivity index (χ4v) is 2.17. The summed E-state index contributed by atoms with van der Waals surface area (Å²) in [6.07, 6.45) is 0. The third kappa shape index (κ3) is 3.20. The summed E-state index contributed by atoms with van der Waals surface area (Å²) in [7, 11) is 0. The summed E-state index contributed by atoms with van der Waals surface area (Å²) in [6.45, 7) is 6.24. The van der Waals surface area contributed by atoms with E-state index < -0.39 is 0 Å². The summed E-state index contributed by atoms with van der Waals surface area (Å²) in [4.78, 5) is 2.28. The van der Waals surface area contributed by atoms with Gasteiger partial charge in [0.2, 0.25) is 0 Å². The normalized spacial score (nSPS) is 10.2. The lowest BCUT2D eigenvalue weighted by Crippen LogP contribution is -2.21. The maximum absolute atomic E-state index is 12.7. The number of benzene rings is 2. The summed E-state index contributed by atoms with van der Waals surface area (Å²) >= 11 is 0. The van der Waals surface area contributed by atoms with Gasteiger partial charge in [-0.15, -0.1) is 4.48 Å². The average Bonchev–Trinajstić information content (AvgIpc) is 2.51. The first kappa shape index (κ1) is 14.2. The van der Waals surface area contributed by atoms with E-state index in [9.17, 15) is 4.48 Å². The number of hydrogen-bond donors (Lipinski definition) is 2. The van der Waals surface area contributed by atoms with Gasteiger partial charge in [0.1, 0.15) is 0 Å². The molecule has 2 aromatic rings. The molecule has 0 atom stereocenters. The number of nitrogens with one attached hydrogen (secondary N) is 2. The molecule has 0 heterocycles. The van der Waals surface area contributed by atoms with E-state index in [0.717, 1.165) is 18.8 Å². The summed E-state index contributed by atoms with van der Waals surface area (Å²) < 4.78 is 12.7. The molecule has 0 aliphatic carbocycles. The molecule has 2 aromatic carbocycles. The Hall–Kier alpha value is -2.23. The van der Waals surface area contributed by atoms with Crippen molar-refractivity contribution in [3.63, 3.8) is 0 Å². The molecule has 0 spiro atoms. The largest absolute Gasteiger partial charge is 0.372 e. The highest BCUT2D eigenvalue weighted by molar-refractivity contribution is 5.74. The van der Waals surface area contributed by atoms with Gasteiger partial charge in [-0.25, -0.2) is 5.54 Å². The second-order valence-electron chi connectivity index (χ2n) is 4.48. The van der Waals surface area contributed by atoms with Crippen LogP contribution in [0.3, 0.4) is 0 Å². The Morgan fingerprint density at radius 2 is 1.50 bits per heavy atom. The van der Waals surface area contributed by atoms with Crippen molar-refractivity contribution in [2.75, 3.05) is 28.8 Å². The fraction of sp³-hybridized carbons (Fsp3) is 0.250. The highest BCUT2D eigenvalue weighted by Crippen LogP contribution is 2.26. The molecular weight excluding hydrogens is 253 g/mol. The number of hydrogen-bond acceptors (Lipinski definition) is 3. The predicted molar refractivity (Wildman–Crippen MR) is 84.5 cm³/mol. The van der Waals surface area contributed by atoms with E-state index in [1.165, 1.54) is 5.69 Å². The van der Waals surface area contributed by atoms with Crippen molar-refractivity contribution < 1.29 is 4.48 Å². The maximum Gasteiger partial charge on any atom is 0.0890 e. The Morgan fingerprint density at radius 1 is 0.900 bits per heavy atom. The zero-order valence-electron chi connectivity index (χ0n) is 11.9. The molecule has 3 nitrogen and oxygen atoms in total. The maximum atomic E-state index is 12.7. The standard InChI is InChI=1S/C16H20FN3/c1-3-20(4-2)14-11-9-13(10-12-14)18-15-7-5-6-8-16(15)19-17/h5-12,18-19H,3-4H2,1-2H3. The first-order chi connectivity index (χ1) is 9.78. The Labute approximate surface area is 119 Å². The van der Waals surface area contributed by atoms with Crippen molar-refractivity contribution >= 4 is 22.7 Å². The Balaban J connectivity index is 2.14. The minimum Gasteiger partial charge on any atom is -0.372 e. The predicted octanol–water partition coefficient (Wildman–Crippen LogP) is 4.57. The van der Waals surface area contributed by atoms with Crippen LogP contribution in [0.4, 0.5) is 27.2 Å². The van der Waals surface area contributed by atoms with Gasteiger partial charge in [-0.1, -0.05) is 12.1 Å². The van der Waals surface area contributed by atoms with E-state index in [1.54, 1.807) is 17.7 Å². The van der Waals surface area contributed by atoms with Gasteiger partial charge >= 0.3 is 0 Å². The summed E-state index contributed by atoms with van der Waals surface area (Å²) in [5.74, 6) is 0. The fourth-order valence-electron chi connectivity index (χ4n) is 2.17. The van der Waals surface area contributed by atoms with E-state index in [4.69, 9.17) is 0 Å². The van der Waals surface area contributed by atoms with Crippen LogP contribution in [0.25, 0.3) is 0 Å². The molecule has 0 aliphatic rings. The average molecular weight is 273 g/mol. The van der Waals surface area contributed by atoms with Crippen LogP contribution in [-0.2, 0) is 0 Å². The van der Waals surface area contributed by atoms with Crippen molar-refractivity contribution in [1.29, 1.82) is 0 Å². The second-order valence-corrected chi connectivity index (χ2v) is 4.48. The van der Waals surface area contributed by atoms with E-state index in [-0.39, 0.29) is 0 Å². The lowest BCUT2D eigenvalue weighted by Gasteiger charge is -2.21. The first-order valence-electron chi connectivity index (χ1n) is 6.86. The van der Waals surface area contributed by atoms with Crippen LogP contribution in [0.15, 0.2) is 48.5 Å². The van der Waals surface area contributed by atoms with Crippen molar-refractivity contribution in [1.82, 2.24) is 0 Å². The minimum absolute atomic E-state index is 0.431. The van der Waals surface area contributed by atoms with Crippen LogP contribution in [-0.4, -0.2) is 13.1 Å². The van der Waals surface area contributed by atoms with Gasteiger partial charge in [-0.05, 0) is 50.2 Å². The van der Waals surface area contributed by atoms with Crippen LogP contribution in [0.1, 0.15) is 13.8 Å². The van der Waals surface area contributed by atoms with E-state index in [0.29, 0.717) is 11.4 Å². The molecule has 0 bridgehead atoms. The smallest absolute Gasteiger partial charge is 0.0890 e. The molecule has 0 saturated heterocycles. The van der Waals surface area contributed by atoms with Gasteiger partial charge in [0.25, 0.3) is 0 Å². The number of anilines is 4. The number of halogens is 1. The molecule has 2 rings (SSSR count). The number of nitrogens with zero attached hydrogens (tertiary/aromatic N) is 1. The molecule has 0 unspecified atom stereocenters. The van der Waals surface area contributed by atoms with Gasteiger partial charge in [0, 0.05) is 24.5 Å². The Morgan fingerprint density at radius 3 is 2.05 bits per heavy atom. The zero-order valence-corrected chi connectivity index (χ0v) is 11.9. The zero-order chi connectivity index (χ0) is 14.4. The third-order valence-corrected chi connectivity index (χ3v) is 3.30.